The van der Waals surface area contributed by atoms with E-state index in [-0.39, 0.29) is 6.03 Å². The molecule has 3 aliphatic rings. The Morgan fingerprint density at radius 3 is 2.48 bits per heavy atom. The van der Waals surface area contributed by atoms with E-state index in [0.717, 1.165) is 44.0 Å². The molecule has 176 valence electrons. The van der Waals surface area contributed by atoms with E-state index in [1.807, 2.05) is 24.3 Å². The summed E-state index contributed by atoms with van der Waals surface area (Å²) in [5.41, 5.74) is 2.97. The van der Waals surface area contributed by atoms with Crippen molar-refractivity contribution in [3.05, 3.63) is 70.7 Å². The fourth-order valence-electron chi connectivity index (χ4n) is 6.23. The van der Waals surface area contributed by atoms with E-state index in [4.69, 9.17) is 11.6 Å². The predicted molar refractivity (Wildman–Crippen MR) is 133 cm³/mol. The highest BCUT2D eigenvalue weighted by molar-refractivity contribution is 6.30. The highest BCUT2D eigenvalue weighted by Crippen LogP contribution is 2.59. The van der Waals surface area contributed by atoms with Crippen LogP contribution in [0.5, 0.6) is 0 Å². The Kier molecular flexibility index (Phi) is 6.64. The lowest BCUT2D eigenvalue weighted by molar-refractivity contribution is -0.0658. The largest absolute Gasteiger partial charge is 0.335 e. The van der Waals surface area contributed by atoms with Gasteiger partial charge in [0, 0.05) is 49.8 Å². The summed E-state index contributed by atoms with van der Waals surface area (Å²) >= 11 is 5.92. The molecule has 1 unspecified atom stereocenters. The quantitative estimate of drug-likeness (QED) is 0.649. The number of nitrogens with one attached hydrogen (secondary N) is 2. The second-order valence-electron chi connectivity index (χ2n) is 10.5. The van der Waals surface area contributed by atoms with Crippen LogP contribution in [0.25, 0.3) is 0 Å². The molecule has 2 amide bonds. The van der Waals surface area contributed by atoms with Gasteiger partial charge in [-0.3, -0.25) is 4.90 Å². The minimum Gasteiger partial charge on any atom is -0.335 e. The summed E-state index contributed by atoms with van der Waals surface area (Å²) in [6.45, 7) is 5.14. The van der Waals surface area contributed by atoms with Crippen LogP contribution in [0.4, 0.5) is 4.79 Å². The van der Waals surface area contributed by atoms with Crippen molar-refractivity contribution in [2.24, 2.45) is 11.3 Å². The van der Waals surface area contributed by atoms with Crippen LogP contribution in [0.15, 0.2) is 54.6 Å². The third-order valence-corrected chi connectivity index (χ3v) is 8.13. The van der Waals surface area contributed by atoms with Gasteiger partial charge in [0.05, 0.1) is 0 Å². The first kappa shape index (κ1) is 22.7. The maximum atomic E-state index is 12.3. The van der Waals surface area contributed by atoms with Gasteiger partial charge in [0.25, 0.3) is 0 Å². The van der Waals surface area contributed by atoms with Gasteiger partial charge in [-0.15, -0.1) is 0 Å². The van der Waals surface area contributed by atoms with E-state index >= 15 is 0 Å². The molecule has 5 rings (SSSR count). The maximum Gasteiger partial charge on any atom is 0.315 e. The molecule has 1 atom stereocenters. The zero-order valence-electron chi connectivity index (χ0n) is 19.5. The van der Waals surface area contributed by atoms with Crippen molar-refractivity contribution in [2.45, 2.75) is 44.3 Å². The lowest BCUT2D eigenvalue weighted by Crippen LogP contribution is -2.59. The number of halogens is 1. The van der Waals surface area contributed by atoms with Crippen LogP contribution in [0.1, 0.15) is 42.9 Å². The number of nitrogens with zero attached hydrogens (tertiary/aromatic N) is 2. The Balaban J connectivity index is 1.04. The number of benzene rings is 2. The summed E-state index contributed by atoms with van der Waals surface area (Å²) in [4.78, 5) is 17.4. The molecule has 1 spiro atoms. The van der Waals surface area contributed by atoms with Crippen molar-refractivity contribution in [2.75, 3.05) is 33.2 Å². The molecule has 1 heterocycles. The first-order chi connectivity index (χ1) is 16.0. The van der Waals surface area contributed by atoms with Gasteiger partial charge in [-0.05, 0) is 67.3 Å². The molecule has 2 aliphatic carbocycles. The van der Waals surface area contributed by atoms with Crippen LogP contribution in [-0.4, -0.2) is 55.1 Å². The number of rotatable bonds is 6. The smallest absolute Gasteiger partial charge is 0.315 e. The molecule has 0 bridgehead atoms. The topological polar surface area (TPSA) is 47.6 Å². The molecule has 6 heteroatoms. The molecule has 1 saturated heterocycles. The van der Waals surface area contributed by atoms with Crippen LogP contribution in [-0.2, 0) is 6.54 Å². The molecule has 3 fully saturated rings. The van der Waals surface area contributed by atoms with Gasteiger partial charge >= 0.3 is 6.03 Å². The number of urea groups is 1. The zero-order valence-corrected chi connectivity index (χ0v) is 20.2. The zero-order chi connectivity index (χ0) is 22.8. The van der Waals surface area contributed by atoms with Crippen LogP contribution < -0.4 is 10.6 Å². The van der Waals surface area contributed by atoms with Crippen molar-refractivity contribution in [1.82, 2.24) is 20.4 Å². The van der Waals surface area contributed by atoms with Gasteiger partial charge in [-0.1, -0.05) is 54.1 Å². The van der Waals surface area contributed by atoms with Crippen molar-refractivity contribution in [3.8, 4) is 0 Å². The first-order valence-electron chi connectivity index (χ1n) is 12.2. The minimum atomic E-state index is -0.0659. The summed E-state index contributed by atoms with van der Waals surface area (Å²) in [6, 6.07) is 19.3. The molecule has 0 aromatic heterocycles. The van der Waals surface area contributed by atoms with E-state index in [1.165, 1.54) is 24.9 Å². The highest BCUT2D eigenvalue weighted by atomic mass is 35.5. The number of hydrogen-bond acceptors (Lipinski definition) is 3. The third-order valence-electron chi connectivity index (χ3n) is 7.88. The van der Waals surface area contributed by atoms with Crippen molar-refractivity contribution in [3.63, 3.8) is 0 Å². The Hall–Kier alpha value is -2.08. The van der Waals surface area contributed by atoms with Crippen molar-refractivity contribution >= 4 is 17.6 Å². The molecule has 1 aliphatic heterocycles. The molecular formula is C27H35ClN4O. The van der Waals surface area contributed by atoms with Gasteiger partial charge in [0.15, 0.2) is 0 Å². The summed E-state index contributed by atoms with van der Waals surface area (Å²) in [5.74, 6) is 0.791. The van der Waals surface area contributed by atoms with Crippen LogP contribution >= 0.6 is 11.6 Å². The van der Waals surface area contributed by atoms with Crippen LogP contribution in [0.3, 0.4) is 0 Å². The number of hydrogen-bond donors (Lipinski definition) is 2. The Morgan fingerprint density at radius 1 is 1.03 bits per heavy atom. The molecule has 2 N–H and O–H groups in total. The number of carbonyl (C=O) groups excluding carboxylic acids is 1. The predicted octanol–water partition coefficient (Wildman–Crippen LogP) is 4.69. The third kappa shape index (κ3) is 5.37. The lowest BCUT2D eigenvalue weighted by atomic mass is 9.50. The fraction of sp³-hybridized carbons (Fsp3) is 0.519. The fourth-order valence-corrected chi connectivity index (χ4v) is 6.36. The molecule has 33 heavy (non-hydrogen) atoms. The summed E-state index contributed by atoms with van der Waals surface area (Å²) in [7, 11) is 2.23. The van der Waals surface area contributed by atoms with E-state index in [2.05, 4.69) is 57.8 Å². The Bertz CT molecular complexity index is 936. The second kappa shape index (κ2) is 9.65. The number of piperazine rings is 1. The highest BCUT2D eigenvalue weighted by Gasteiger charge is 2.53. The van der Waals surface area contributed by atoms with Gasteiger partial charge in [-0.25, -0.2) is 4.79 Å². The molecule has 0 radical (unpaired) electrons. The van der Waals surface area contributed by atoms with E-state index in [1.54, 1.807) is 0 Å². The standard InChI is InChI=1S/C27H35ClN4O/c1-31-11-12-32(25(19-31)22-5-3-2-4-6-22)18-21-13-27(14-21)15-24(16-27)30-26(33)29-17-20-7-9-23(28)10-8-20/h2-10,21,24-25H,11-19H2,1H3,(H2,29,30,33). The lowest BCUT2D eigenvalue weighted by Gasteiger charge is -2.59. The van der Waals surface area contributed by atoms with Gasteiger partial charge < -0.3 is 15.5 Å². The van der Waals surface area contributed by atoms with E-state index in [9.17, 15) is 4.79 Å². The maximum absolute atomic E-state index is 12.3. The summed E-state index contributed by atoms with van der Waals surface area (Å²) in [5, 5.41) is 6.84. The molecule has 2 aromatic carbocycles. The number of carbonyl (C=O) groups is 1. The van der Waals surface area contributed by atoms with Gasteiger partial charge in [0.2, 0.25) is 0 Å². The van der Waals surface area contributed by atoms with Crippen LogP contribution in [0, 0.1) is 11.3 Å². The SMILES string of the molecule is CN1CCN(CC2CC3(C2)CC(NC(=O)NCc2ccc(Cl)cc2)C3)C(c2ccccc2)C1. The summed E-state index contributed by atoms with van der Waals surface area (Å²) < 4.78 is 0. The molecule has 2 aromatic rings. The number of amides is 2. The monoisotopic (exact) mass is 466 g/mol. The van der Waals surface area contributed by atoms with E-state index in [0.29, 0.717) is 29.1 Å². The van der Waals surface area contributed by atoms with Crippen molar-refractivity contribution < 1.29 is 4.79 Å². The van der Waals surface area contributed by atoms with Gasteiger partial charge in [0.1, 0.15) is 0 Å². The number of likely N-dealkylation sites (N-methyl/N-ethyl adjacent to an activating group) is 1. The van der Waals surface area contributed by atoms with Crippen molar-refractivity contribution in [1.29, 1.82) is 0 Å². The van der Waals surface area contributed by atoms with Crippen LogP contribution in [0.2, 0.25) is 5.02 Å². The average molecular weight is 467 g/mol. The molecular weight excluding hydrogens is 432 g/mol. The molecule has 2 saturated carbocycles. The Labute approximate surface area is 202 Å². The normalized spacial score (nSPS) is 29.8. The summed E-state index contributed by atoms with van der Waals surface area (Å²) in [6.07, 6.45) is 4.88. The first-order valence-corrected chi connectivity index (χ1v) is 12.6. The Morgan fingerprint density at radius 2 is 1.76 bits per heavy atom. The molecule has 5 nitrogen and oxygen atoms in total. The van der Waals surface area contributed by atoms with E-state index < -0.39 is 0 Å². The second-order valence-corrected chi connectivity index (χ2v) is 11.0. The minimum absolute atomic E-state index is 0.0659. The van der Waals surface area contributed by atoms with Gasteiger partial charge in [-0.2, -0.15) is 0 Å². The average Bonchev–Trinajstić information content (AvgIpc) is 2.77.